The van der Waals surface area contributed by atoms with E-state index in [9.17, 15) is 30.6 Å². The fraction of sp³-hybridized carbons (Fsp3) is 1.00. The first-order valence-corrected chi connectivity index (χ1v) is 13.6. The first-order valence-electron chi connectivity index (χ1n) is 7.25. The van der Waals surface area contributed by atoms with Crippen LogP contribution in [-0.4, -0.2) is 139 Å². The van der Waals surface area contributed by atoms with Gasteiger partial charge in [-0.3, -0.25) is 0 Å². The van der Waals surface area contributed by atoms with Crippen LogP contribution in [0, 0.1) is 0 Å². The fourth-order valence-corrected chi connectivity index (χ4v) is 10.7. The van der Waals surface area contributed by atoms with E-state index in [0.717, 1.165) is 0 Å². The Labute approximate surface area is 148 Å². The van der Waals surface area contributed by atoms with Gasteiger partial charge in [-0.05, 0) is 0 Å². The van der Waals surface area contributed by atoms with Crippen molar-refractivity contribution in [3.63, 3.8) is 0 Å². The van der Waals surface area contributed by atoms with Gasteiger partial charge in [-0.2, -0.15) is 0 Å². The van der Waals surface area contributed by atoms with Gasteiger partial charge in [0.1, 0.15) is 0 Å². The van der Waals surface area contributed by atoms with Crippen molar-refractivity contribution in [2.75, 3.05) is 13.2 Å². The van der Waals surface area contributed by atoms with Crippen molar-refractivity contribution in [1.29, 1.82) is 0 Å². The second-order valence-corrected chi connectivity index (χ2v) is 12.5. The first-order chi connectivity index (χ1) is 11.3. The van der Waals surface area contributed by atoms with E-state index in [4.69, 9.17) is 19.7 Å². The van der Waals surface area contributed by atoms with E-state index in [2.05, 4.69) is 0 Å². The van der Waals surface area contributed by atoms with E-state index >= 15 is 0 Å². The van der Waals surface area contributed by atoms with Crippen LogP contribution in [0.1, 0.15) is 0 Å². The molecule has 0 aromatic carbocycles. The topological polar surface area (TPSA) is 180 Å². The second-order valence-electron chi connectivity index (χ2n) is 5.59. The SMILES string of the molecule is OC[C@H]1OC([Se][Se]C2O[C@H](CO)[C@@H](O)[C@H](O)[C@H]2O)[C@H](O)[C@@H](O)[C@@H]1O. The van der Waals surface area contributed by atoms with Crippen LogP contribution in [0.25, 0.3) is 0 Å². The van der Waals surface area contributed by atoms with Gasteiger partial charge in [-0.15, -0.1) is 0 Å². The molecule has 0 saturated carbocycles. The molecule has 0 radical (unpaired) electrons. The van der Waals surface area contributed by atoms with Crippen LogP contribution < -0.4 is 0 Å². The molecule has 142 valence electrons. The molecule has 10 atom stereocenters. The molecule has 2 heterocycles. The van der Waals surface area contributed by atoms with Gasteiger partial charge in [0.2, 0.25) is 0 Å². The first kappa shape index (κ1) is 20.9. The molecule has 2 rings (SSSR count). The van der Waals surface area contributed by atoms with Crippen LogP contribution >= 0.6 is 0 Å². The van der Waals surface area contributed by atoms with E-state index in [-0.39, 0.29) is 0 Å². The van der Waals surface area contributed by atoms with Crippen LogP contribution in [0.2, 0.25) is 0 Å². The third-order valence-corrected chi connectivity index (χ3v) is 12.0. The quantitative estimate of drug-likeness (QED) is 0.175. The van der Waals surface area contributed by atoms with Gasteiger partial charge < -0.3 is 0 Å². The Bertz CT molecular complexity index is 364. The number of hydrogen-bond donors (Lipinski definition) is 8. The molecular weight excluding hydrogens is 462 g/mol. The number of aliphatic hydroxyl groups excluding tert-OH is 8. The number of rotatable bonds is 5. The Morgan fingerprint density at radius 1 is 0.542 bits per heavy atom. The summed E-state index contributed by atoms with van der Waals surface area (Å²) in [5, 5.41) is 75.6. The van der Waals surface area contributed by atoms with E-state index < -0.39 is 98.3 Å². The summed E-state index contributed by atoms with van der Waals surface area (Å²) in [5.41, 5.74) is 0. The van der Waals surface area contributed by atoms with Crippen LogP contribution in [0.3, 0.4) is 0 Å². The van der Waals surface area contributed by atoms with Gasteiger partial charge in [0.25, 0.3) is 0 Å². The van der Waals surface area contributed by atoms with E-state index in [1.165, 1.54) is 0 Å². The van der Waals surface area contributed by atoms with E-state index in [0.29, 0.717) is 0 Å². The summed E-state index contributed by atoms with van der Waals surface area (Å²) in [5.74, 6) is 0. The molecule has 2 aliphatic heterocycles. The van der Waals surface area contributed by atoms with Crippen molar-refractivity contribution in [1.82, 2.24) is 0 Å². The normalized spacial score (nSPS) is 50.0. The van der Waals surface area contributed by atoms with Crippen molar-refractivity contribution >= 4 is 26.3 Å². The average Bonchev–Trinajstić information content (AvgIpc) is 2.58. The minimum atomic E-state index is -1.46. The fourth-order valence-electron chi connectivity index (χ4n) is 2.40. The van der Waals surface area contributed by atoms with Crippen LogP contribution in [-0.2, 0) is 9.47 Å². The molecule has 12 heteroatoms. The van der Waals surface area contributed by atoms with Gasteiger partial charge in [0.05, 0.1) is 0 Å². The third kappa shape index (κ3) is 4.30. The predicted octanol–water partition coefficient (Wildman–Crippen LogP) is -6.09. The molecule has 2 fully saturated rings. The van der Waals surface area contributed by atoms with Crippen molar-refractivity contribution < 1.29 is 50.3 Å². The van der Waals surface area contributed by atoms with Crippen LogP contribution in [0.4, 0.5) is 0 Å². The van der Waals surface area contributed by atoms with E-state index in [1.54, 1.807) is 0 Å². The summed E-state index contributed by atoms with van der Waals surface area (Å²) in [6, 6.07) is 0. The van der Waals surface area contributed by atoms with Gasteiger partial charge in [-0.25, -0.2) is 0 Å². The Morgan fingerprint density at radius 3 is 1.17 bits per heavy atom. The second kappa shape index (κ2) is 9.03. The molecule has 2 aliphatic rings. The zero-order valence-electron chi connectivity index (χ0n) is 12.4. The molecule has 0 aliphatic carbocycles. The van der Waals surface area contributed by atoms with Crippen molar-refractivity contribution in [2.45, 2.75) is 58.8 Å². The minimum absolute atomic E-state index is 0.491. The van der Waals surface area contributed by atoms with Crippen molar-refractivity contribution in [3.05, 3.63) is 0 Å². The number of aliphatic hydroxyl groups is 8. The maximum atomic E-state index is 9.99. The van der Waals surface area contributed by atoms with Gasteiger partial charge >= 0.3 is 149 Å². The Morgan fingerprint density at radius 2 is 0.875 bits per heavy atom. The molecule has 0 aromatic rings. The molecule has 0 aromatic heterocycles. The van der Waals surface area contributed by atoms with Crippen molar-refractivity contribution in [3.8, 4) is 0 Å². The zero-order chi connectivity index (χ0) is 18.0. The van der Waals surface area contributed by atoms with Gasteiger partial charge in [0.15, 0.2) is 0 Å². The summed E-state index contributed by atoms with van der Waals surface area (Å²) in [4.78, 5) is 0. The molecule has 8 N–H and O–H groups in total. The molecule has 24 heavy (non-hydrogen) atoms. The molecule has 0 spiro atoms. The summed E-state index contributed by atoms with van der Waals surface area (Å²) >= 11 is -0.983. The van der Waals surface area contributed by atoms with Gasteiger partial charge in [0, 0.05) is 0 Å². The Balaban J connectivity index is 1.96. The maximum absolute atomic E-state index is 9.99. The van der Waals surface area contributed by atoms with Crippen molar-refractivity contribution in [2.24, 2.45) is 0 Å². The average molecular weight is 484 g/mol. The zero-order valence-corrected chi connectivity index (χ0v) is 15.8. The van der Waals surface area contributed by atoms with E-state index in [1.807, 2.05) is 0 Å². The standard InChI is InChI=1S/C12H22O10Se2/c13-1-3-5(15)7(17)9(19)11(21-3)23-24-12-10(20)8(18)6(16)4(2-14)22-12/h3-20H,1-2H2/t3-,4-,5-,6-,7+,8+,9-,10-,11?,12?/m1/s1. The van der Waals surface area contributed by atoms with Crippen LogP contribution in [0.15, 0.2) is 0 Å². The van der Waals surface area contributed by atoms with Gasteiger partial charge in [-0.1, -0.05) is 0 Å². The van der Waals surface area contributed by atoms with Crippen LogP contribution in [0.5, 0.6) is 0 Å². The Kier molecular flexibility index (Phi) is 7.88. The predicted molar refractivity (Wildman–Crippen MR) is 79.0 cm³/mol. The summed E-state index contributed by atoms with van der Waals surface area (Å²) in [7, 11) is 0. The molecule has 2 saturated heterocycles. The number of ether oxygens (including phenoxy) is 2. The number of hydrogen-bond acceptors (Lipinski definition) is 10. The summed E-state index contributed by atoms with van der Waals surface area (Å²) in [6.07, 6.45) is -10.5. The molecular formula is C12H22O10Se2. The summed E-state index contributed by atoms with van der Waals surface area (Å²) in [6.45, 7) is -1.05. The summed E-state index contributed by atoms with van der Waals surface area (Å²) < 4.78 is 10.8. The molecule has 10 nitrogen and oxygen atoms in total. The molecule has 0 bridgehead atoms. The Hall–Kier alpha value is 0.639. The molecule has 2 unspecified atom stereocenters. The molecule has 0 amide bonds. The monoisotopic (exact) mass is 486 g/mol. The third-order valence-electron chi connectivity index (χ3n) is 3.94.